The Labute approximate surface area is 125 Å². The highest BCUT2D eigenvalue weighted by molar-refractivity contribution is 9.10. The van der Waals surface area contributed by atoms with E-state index in [9.17, 15) is 4.39 Å². The first-order valence-electron chi connectivity index (χ1n) is 5.83. The molecule has 0 aliphatic rings. The molecule has 0 saturated carbocycles. The van der Waals surface area contributed by atoms with Gasteiger partial charge < -0.3 is 5.32 Å². The lowest BCUT2D eigenvalue weighted by Gasteiger charge is -2.17. The molecule has 5 heteroatoms. The van der Waals surface area contributed by atoms with E-state index in [-0.39, 0.29) is 11.9 Å². The highest BCUT2D eigenvalue weighted by Gasteiger charge is 2.15. The molecule has 2 nitrogen and oxygen atoms in total. The standard InChI is InChI=1S/C14H13BrClFN2/c1-18-14(7-11-4-2-9(15)8-19-11)12-5-3-10(16)6-13(12)17/h2-6,8,14,18H,7H2,1H3. The van der Waals surface area contributed by atoms with Crippen molar-refractivity contribution >= 4 is 27.5 Å². The van der Waals surface area contributed by atoms with E-state index in [1.165, 1.54) is 6.07 Å². The van der Waals surface area contributed by atoms with Gasteiger partial charge in [-0.05, 0) is 47.2 Å². The Bertz CT molecular complexity index is 560. The van der Waals surface area contributed by atoms with Crippen molar-refractivity contribution in [3.63, 3.8) is 0 Å². The van der Waals surface area contributed by atoms with Gasteiger partial charge in [0.05, 0.1) is 0 Å². The lowest BCUT2D eigenvalue weighted by Crippen LogP contribution is -2.20. The molecule has 2 rings (SSSR count). The number of pyridine rings is 1. The summed E-state index contributed by atoms with van der Waals surface area (Å²) >= 11 is 9.10. The molecule has 0 aliphatic heterocycles. The van der Waals surface area contributed by atoms with Crippen LogP contribution in [-0.4, -0.2) is 12.0 Å². The van der Waals surface area contributed by atoms with Crippen LogP contribution in [0.5, 0.6) is 0 Å². The minimum absolute atomic E-state index is 0.133. The van der Waals surface area contributed by atoms with E-state index in [1.807, 2.05) is 12.1 Å². The van der Waals surface area contributed by atoms with Crippen LogP contribution in [0.2, 0.25) is 5.02 Å². The van der Waals surface area contributed by atoms with Gasteiger partial charge in [-0.3, -0.25) is 4.98 Å². The molecule has 19 heavy (non-hydrogen) atoms. The van der Waals surface area contributed by atoms with Crippen molar-refractivity contribution in [3.8, 4) is 0 Å². The summed E-state index contributed by atoms with van der Waals surface area (Å²) in [7, 11) is 1.80. The van der Waals surface area contributed by atoms with Crippen molar-refractivity contribution in [1.29, 1.82) is 0 Å². The van der Waals surface area contributed by atoms with Crippen molar-refractivity contribution in [2.24, 2.45) is 0 Å². The van der Waals surface area contributed by atoms with Gasteiger partial charge in [0.25, 0.3) is 0 Å². The third-order valence-corrected chi connectivity index (χ3v) is 3.59. The zero-order chi connectivity index (χ0) is 13.8. The molecular formula is C14H13BrClFN2. The molecule has 1 atom stereocenters. The fraction of sp³-hybridized carbons (Fsp3) is 0.214. The number of nitrogens with one attached hydrogen (secondary N) is 1. The average molecular weight is 344 g/mol. The normalized spacial score (nSPS) is 12.4. The van der Waals surface area contributed by atoms with E-state index < -0.39 is 0 Å². The number of hydrogen-bond acceptors (Lipinski definition) is 2. The van der Waals surface area contributed by atoms with Crippen LogP contribution < -0.4 is 5.32 Å². The molecule has 0 aliphatic carbocycles. The number of aromatic nitrogens is 1. The first-order valence-corrected chi connectivity index (χ1v) is 7.00. The van der Waals surface area contributed by atoms with E-state index >= 15 is 0 Å². The van der Waals surface area contributed by atoms with Gasteiger partial charge in [0.1, 0.15) is 5.82 Å². The van der Waals surface area contributed by atoms with Crippen LogP contribution in [0.25, 0.3) is 0 Å². The quantitative estimate of drug-likeness (QED) is 0.902. The molecule has 1 aromatic carbocycles. The van der Waals surface area contributed by atoms with Crippen molar-refractivity contribution in [3.05, 3.63) is 63.1 Å². The topological polar surface area (TPSA) is 24.9 Å². The lowest BCUT2D eigenvalue weighted by atomic mass is 10.0. The Hall–Kier alpha value is -0.970. The number of rotatable bonds is 4. The minimum Gasteiger partial charge on any atom is -0.313 e. The van der Waals surface area contributed by atoms with Gasteiger partial charge in [-0.2, -0.15) is 0 Å². The first kappa shape index (κ1) is 14.4. The van der Waals surface area contributed by atoms with Gasteiger partial charge in [-0.15, -0.1) is 0 Å². The third-order valence-electron chi connectivity index (χ3n) is 2.89. The Morgan fingerprint density at radius 1 is 1.37 bits per heavy atom. The molecule has 0 radical (unpaired) electrons. The molecule has 0 saturated heterocycles. The molecule has 100 valence electrons. The monoisotopic (exact) mass is 342 g/mol. The van der Waals surface area contributed by atoms with Crippen molar-refractivity contribution < 1.29 is 4.39 Å². The van der Waals surface area contributed by atoms with Crippen LogP contribution in [0, 0.1) is 5.82 Å². The predicted octanol–water partition coefficient (Wildman–Crippen LogP) is 4.14. The van der Waals surface area contributed by atoms with Gasteiger partial charge in [0.2, 0.25) is 0 Å². The summed E-state index contributed by atoms with van der Waals surface area (Å²) in [4.78, 5) is 4.30. The number of hydrogen-bond donors (Lipinski definition) is 1. The number of halogens is 3. The highest BCUT2D eigenvalue weighted by atomic mass is 79.9. The fourth-order valence-corrected chi connectivity index (χ4v) is 2.28. The maximum atomic E-state index is 13.9. The second kappa shape index (κ2) is 6.46. The summed E-state index contributed by atoms with van der Waals surface area (Å²) in [6, 6.07) is 8.44. The van der Waals surface area contributed by atoms with E-state index in [4.69, 9.17) is 11.6 Å². The van der Waals surface area contributed by atoms with Gasteiger partial charge >= 0.3 is 0 Å². The van der Waals surface area contributed by atoms with Crippen LogP contribution in [0.4, 0.5) is 4.39 Å². The van der Waals surface area contributed by atoms with E-state index in [0.29, 0.717) is 17.0 Å². The van der Waals surface area contributed by atoms with Crippen LogP contribution in [-0.2, 0) is 6.42 Å². The number of likely N-dealkylation sites (N-methyl/N-ethyl adjacent to an activating group) is 1. The van der Waals surface area contributed by atoms with E-state index in [0.717, 1.165) is 10.2 Å². The van der Waals surface area contributed by atoms with Gasteiger partial charge in [0, 0.05) is 39.4 Å². The molecular weight excluding hydrogens is 331 g/mol. The van der Waals surface area contributed by atoms with Gasteiger partial charge in [-0.25, -0.2) is 4.39 Å². The predicted molar refractivity (Wildman–Crippen MR) is 78.9 cm³/mol. The van der Waals surface area contributed by atoms with Crippen molar-refractivity contribution in [1.82, 2.24) is 10.3 Å². The lowest BCUT2D eigenvalue weighted by molar-refractivity contribution is 0.530. The van der Waals surface area contributed by atoms with E-state index in [1.54, 1.807) is 25.4 Å². The highest BCUT2D eigenvalue weighted by Crippen LogP contribution is 2.23. The van der Waals surface area contributed by atoms with Crippen molar-refractivity contribution in [2.45, 2.75) is 12.5 Å². The van der Waals surface area contributed by atoms with Crippen LogP contribution in [0.3, 0.4) is 0 Å². The Morgan fingerprint density at radius 2 is 2.16 bits per heavy atom. The maximum Gasteiger partial charge on any atom is 0.129 e. The van der Waals surface area contributed by atoms with Crippen molar-refractivity contribution in [2.75, 3.05) is 7.05 Å². The molecule has 1 N–H and O–H groups in total. The number of benzene rings is 1. The van der Waals surface area contributed by atoms with Gasteiger partial charge in [0.15, 0.2) is 0 Å². The average Bonchev–Trinajstić information content (AvgIpc) is 2.39. The summed E-state index contributed by atoms with van der Waals surface area (Å²) in [5.41, 5.74) is 1.49. The second-order valence-corrected chi connectivity index (χ2v) is 5.53. The number of nitrogens with zero attached hydrogens (tertiary/aromatic N) is 1. The zero-order valence-corrected chi connectivity index (χ0v) is 12.7. The molecule has 1 heterocycles. The van der Waals surface area contributed by atoms with Crippen LogP contribution >= 0.6 is 27.5 Å². The fourth-order valence-electron chi connectivity index (χ4n) is 1.89. The smallest absolute Gasteiger partial charge is 0.129 e. The summed E-state index contributed by atoms with van der Waals surface area (Å²) in [6.45, 7) is 0. The molecule has 0 amide bonds. The SMILES string of the molecule is CNC(Cc1ccc(Br)cn1)c1ccc(Cl)cc1F. The first-order chi connectivity index (χ1) is 9.10. The molecule has 0 fully saturated rings. The summed E-state index contributed by atoms with van der Waals surface area (Å²) in [6.07, 6.45) is 2.35. The minimum atomic E-state index is -0.302. The van der Waals surface area contributed by atoms with Crippen LogP contribution in [0.15, 0.2) is 41.0 Å². The summed E-state index contributed by atoms with van der Waals surface area (Å²) < 4.78 is 14.8. The summed E-state index contributed by atoms with van der Waals surface area (Å²) in [5.74, 6) is -0.302. The summed E-state index contributed by atoms with van der Waals surface area (Å²) in [5, 5.41) is 3.51. The second-order valence-electron chi connectivity index (χ2n) is 4.18. The van der Waals surface area contributed by atoms with Gasteiger partial charge in [-0.1, -0.05) is 17.7 Å². The molecule has 1 aromatic heterocycles. The molecule has 1 unspecified atom stereocenters. The Balaban J connectivity index is 2.22. The molecule has 2 aromatic rings. The largest absolute Gasteiger partial charge is 0.313 e. The Kier molecular flexibility index (Phi) is 4.91. The Morgan fingerprint density at radius 3 is 2.74 bits per heavy atom. The van der Waals surface area contributed by atoms with E-state index in [2.05, 4.69) is 26.2 Å². The third kappa shape index (κ3) is 3.75. The van der Waals surface area contributed by atoms with Crippen LogP contribution in [0.1, 0.15) is 17.3 Å². The zero-order valence-electron chi connectivity index (χ0n) is 10.3. The molecule has 0 spiro atoms. The molecule has 0 bridgehead atoms. The maximum absolute atomic E-state index is 13.9.